The zero-order valence-corrected chi connectivity index (χ0v) is 18.1. The number of amides is 1. The van der Waals surface area contributed by atoms with Crippen LogP contribution in [0.25, 0.3) is 22.1 Å². The molecule has 2 N–H and O–H groups in total. The predicted octanol–water partition coefficient (Wildman–Crippen LogP) is 4.01. The van der Waals surface area contributed by atoms with E-state index >= 15 is 0 Å². The number of rotatable bonds is 5. The minimum absolute atomic E-state index is 0.00488. The van der Waals surface area contributed by atoms with Crippen molar-refractivity contribution in [1.82, 2.24) is 29.7 Å². The first kappa shape index (κ1) is 19.5. The van der Waals surface area contributed by atoms with E-state index in [2.05, 4.69) is 55.1 Å². The molecule has 32 heavy (non-hydrogen) atoms. The number of benzene rings is 1. The molecule has 6 rings (SSSR count). The Kier molecular flexibility index (Phi) is 4.91. The summed E-state index contributed by atoms with van der Waals surface area (Å²) in [5.41, 5.74) is 4.07. The van der Waals surface area contributed by atoms with Crippen molar-refractivity contribution in [3.63, 3.8) is 0 Å². The number of hydrogen-bond donors (Lipinski definition) is 2. The molecule has 0 bridgehead atoms. The van der Waals surface area contributed by atoms with E-state index in [4.69, 9.17) is 4.98 Å². The largest absolute Gasteiger partial charge is 0.346 e. The van der Waals surface area contributed by atoms with E-state index in [1.165, 1.54) is 5.56 Å². The van der Waals surface area contributed by atoms with Crippen molar-refractivity contribution in [3.8, 4) is 0 Å². The van der Waals surface area contributed by atoms with E-state index < -0.39 is 0 Å². The van der Waals surface area contributed by atoms with E-state index in [9.17, 15) is 4.79 Å². The predicted molar refractivity (Wildman–Crippen MR) is 124 cm³/mol. The van der Waals surface area contributed by atoms with Crippen LogP contribution < -0.4 is 0 Å². The molecule has 2 saturated heterocycles. The van der Waals surface area contributed by atoms with Gasteiger partial charge in [-0.3, -0.25) is 9.69 Å². The van der Waals surface area contributed by atoms with Crippen LogP contribution in [-0.4, -0.2) is 55.3 Å². The lowest BCUT2D eigenvalue weighted by molar-refractivity contribution is -0.131. The molecule has 0 aliphatic carbocycles. The van der Waals surface area contributed by atoms with Gasteiger partial charge < -0.3 is 14.9 Å². The van der Waals surface area contributed by atoms with E-state index in [0.717, 1.165) is 73.3 Å². The van der Waals surface area contributed by atoms with Crippen LogP contribution in [0.1, 0.15) is 43.1 Å². The molecule has 3 aromatic heterocycles. The highest BCUT2D eigenvalue weighted by molar-refractivity contribution is 6.00. The van der Waals surface area contributed by atoms with Gasteiger partial charge >= 0.3 is 0 Å². The fraction of sp³-hybridized carbons (Fsp3) is 0.400. The van der Waals surface area contributed by atoms with Crippen molar-refractivity contribution in [2.75, 3.05) is 19.6 Å². The van der Waals surface area contributed by atoms with E-state index in [0.29, 0.717) is 12.3 Å². The number of imidazole rings is 1. The molecule has 2 fully saturated rings. The third kappa shape index (κ3) is 3.46. The van der Waals surface area contributed by atoms with Gasteiger partial charge in [-0.25, -0.2) is 9.97 Å². The summed E-state index contributed by atoms with van der Waals surface area (Å²) in [4.78, 5) is 33.6. The SMILES string of the molecule is O=C1CCCN1C(c1nc2c(cnc3[nH]ccc32)[nH]1)C1CCN(Cc2ccccc2)CC1. The molecule has 7 nitrogen and oxygen atoms in total. The highest BCUT2D eigenvalue weighted by Crippen LogP contribution is 2.38. The summed E-state index contributed by atoms with van der Waals surface area (Å²) in [6.45, 7) is 3.90. The van der Waals surface area contributed by atoms with E-state index in [-0.39, 0.29) is 11.9 Å². The van der Waals surface area contributed by atoms with Gasteiger partial charge in [0.1, 0.15) is 17.0 Å². The van der Waals surface area contributed by atoms with Gasteiger partial charge in [-0.15, -0.1) is 0 Å². The number of H-pyrrole nitrogens is 2. The molecule has 0 saturated carbocycles. The third-order valence-electron chi connectivity index (χ3n) is 7.11. The molecule has 5 heterocycles. The van der Waals surface area contributed by atoms with Crippen LogP contribution in [-0.2, 0) is 11.3 Å². The summed E-state index contributed by atoms with van der Waals surface area (Å²) in [6, 6.07) is 12.7. The van der Waals surface area contributed by atoms with Gasteiger partial charge in [0, 0.05) is 31.1 Å². The quantitative estimate of drug-likeness (QED) is 0.503. The Bertz CT molecular complexity index is 1240. The number of piperidine rings is 1. The second kappa shape index (κ2) is 8.06. The molecule has 1 aromatic carbocycles. The Hall–Kier alpha value is -3.19. The molecule has 1 atom stereocenters. The molecule has 0 spiro atoms. The topological polar surface area (TPSA) is 80.9 Å². The number of likely N-dealkylation sites (tertiary alicyclic amines) is 2. The lowest BCUT2D eigenvalue weighted by atomic mass is 9.87. The average molecular weight is 429 g/mol. The van der Waals surface area contributed by atoms with Crippen LogP contribution in [0.3, 0.4) is 0 Å². The van der Waals surface area contributed by atoms with Gasteiger partial charge in [-0.2, -0.15) is 0 Å². The molecule has 4 aromatic rings. The van der Waals surface area contributed by atoms with Crippen LogP contribution >= 0.6 is 0 Å². The monoisotopic (exact) mass is 428 g/mol. The number of aromatic nitrogens is 4. The zero-order valence-electron chi connectivity index (χ0n) is 18.1. The maximum atomic E-state index is 12.8. The molecular weight excluding hydrogens is 400 g/mol. The lowest BCUT2D eigenvalue weighted by Crippen LogP contribution is -2.41. The summed E-state index contributed by atoms with van der Waals surface area (Å²) in [5, 5.41) is 1.02. The summed E-state index contributed by atoms with van der Waals surface area (Å²) in [6.07, 6.45) is 7.46. The van der Waals surface area contributed by atoms with Gasteiger partial charge in [-0.05, 0) is 49.9 Å². The summed E-state index contributed by atoms with van der Waals surface area (Å²) in [5.74, 6) is 1.57. The zero-order chi connectivity index (χ0) is 21.5. The molecule has 1 unspecified atom stereocenters. The fourth-order valence-corrected chi connectivity index (χ4v) is 5.49. The van der Waals surface area contributed by atoms with Crippen LogP contribution in [0.5, 0.6) is 0 Å². The number of carbonyl (C=O) groups is 1. The number of carbonyl (C=O) groups excluding carboxylic acids is 1. The van der Waals surface area contributed by atoms with Crippen LogP contribution in [0.15, 0.2) is 48.8 Å². The highest BCUT2D eigenvalue weighted by Gasteiger charge is 2.38. The van der Waals surface area contributed by atoms with Crippen molar-refractivity contribution >= 4 is 28.0 Å². The van der Waals surface area contributed by atoms with Crippen molar-refractivity contribution in [2.24, 2.45) is 5.92 Å². The van der Waals surface area contributed by atoms with Crippen LogP contribution in [0, 0.1) is 5.92 Å². The molecular formula is C25H28N6O. The number of nitrogens with zero attached hydrogens (tertiary/aromatic N) is 4. The van der Waals surface area contributed by atoms with E-state index in [1.807, 2.05) is 18.5 Å². The molecule has 164 valence electrons. The second-order valence-corrected chi connectivity index (χ2v) is 9.12. The minimum atomic E-state index is 0.00488. The molecule has 2 aliphatic heterocycles. The lowest BCUT2D eigenvalue weighted by Gasteiger charge is -2.39. The number of nitrogens with one attached hydrogen (secondary N) is 2. The Balaban J connectivity index is 1.28. The van der Waals surface area contributed by atoms with Gasteiger partial charge in [-0.1, -0.05) is 30.3 Å². The maximum Gasteiger partial charge on any atom is 0.223 e. The number of pyridine rings is 1. The first-order chi connectivity index (χ1) is 15.8. The molecule has 2 aliphatic rings. The number of fused-ring (bicyclic) bond motifs is 3. The van der Waals surface area contributed by atoms with Gasteiger partial charge in [0.15, 0.2) is 0 Å². The Morgan fingerprint density at radius 2 is 1.94 bits per heavy atom. The van der Waals surface area contributed by atoms with Crippen LogP contribution in [0.4, 0.5) is 0 Å². The standard InChI is InChI=1S/C25H28N6O/c32-21-7-4-12-31(21)23(18-9-13-30(14-10-18)16-17-5-2-1-3-6-17)25-28-20-15-27-24-19(8-11-26-24)22(20)29-25/h1-3,5-6,8,11,15,18,23H,4,7,9-10,12-14,16H2,(H,26,27)(H,28,29). The maximum absolute atomic E-state index is 12.8. The number of aromatic amines is 2. The van der Waals surface area contributed by atoms with Crippen molar-refractivity contribution < 1.29 is 4.79 Å². The smallest absolute Gasteiger partial charge is 0.223 e. The highest BCUT2D eigenvalue weighted by atomic mass is 16.2. The summed E-state index contributed by atoms with van der Waals surface area (Å²) in [7, 11) is 0. The summed E-state index contributed by atoms with van der Waals surface area (Å²) < 4.78 is 0. The van der Waals surface area contributed by atoms with Gasteiger partial charge in [0.05, 0.1) is 17.8 Å². The third-order valence-corrected chi connectivity index (χ3v) is 7.11. The molecule has 0 radical (unpaired) electrons. The minimum Gasteiger partial charge on any atom is -0.346 e. The Labute approximate surface area is 186 Å². The first-order valence-electron chi connectivity index (χ1n) is 11.6. The molecule has 1 amide bonds. The number of hydrogen-bond acceptors (Lipinski definition) is 4. The van der Waals surface area contributed by atoms with Gasteiger partial charge in [0.25, 0.3) is 0 Å². The Morgan fingerprint density at radius 3 is 2.72 bits per heavy atom. The van der Waals surface area contributed by atoms with Crippen molar-refractivity contribution in [2.45, 2.75) is 38.3 Å². The second-order valence-electron chi connectivity index (χ2n) is 9.12. The van der Waals surface area contributed by atoms with Crippen molar-refractivity contribution in [1.29, 1.82) is 0 Å². The van der Waals surface area contributed by atoms with E-state index in [1.54, 1.807) is 0 Å². The fourth-order valence-electron chi connectivity index (χ4n) is 5.49. The average Bonchev–Trinajstić information content (AvgIpc) is 3.55. The van der Waals surface area contributed by atoms with Gasteiger partial charge in [0.2, 0.25) is 5.91 Å². The van der Waals surface area contributed by atoms with Crippen LogP contribution in [0.2, 0.25) is 0 Å². The normalized spacial score (nSPS) is 19.4. The van der Waals surface area contributed by atoms with Crippen molar-refractivity contribution in [3.05, 3.63) is 60.2 Å². The Morgan fingerprint density at radius 1 is 1.09 bits per heavy atom. The molecule has 7 heteroatoms. The summed E-state index contributed by atoms with van der Waals surface area (Å²) >= 11 is 0. The first-order valence-corrected chi connectivity index (χ1v) is 11.6.